The van der Waals surface area contributed by atoms with E-state index in [0.29, 0.717) is 19.3 Å². The van der Waals surface area contributed by atoms with Crippen LogP contribution in [0.1, 0.15) is 239 Å². The number of rotatable bonds is 51. The molecule has 0 aromatic rings. The van der Waals surface area contributed by atoms with Crippen molar-refractivity contribution in [3.63, 3.8) is 0 Å². The molecule has 1 unspecified atom stereocenters. The molecule has 0 aliphatic rings. The number of unbranched alkanes of at least 4 members (excludes halogenated alkanes) is 16. The standard InChI is InChI=1S/C67H106O6/c1-4-7-10-13-16-19-22-25-27-28-29-30-31-32-33-34-35-36-37-38-40-42-45-48-51-54-57-60-66(69)72-63-64(62-71-65(68)59-56-53-50-47-44-41-24-21-18-15-12-9-6-3)73-67(70)61-58-55-52-49-46-43-39-26-23-20-17-14-11-8-5-2/h7-8,10-12,15-17,19-21,24-27,29-30,32-33,35-36,39,46,49,64H,4-6,9,13-14,18,22-23,28,31,34,37-38,40-45,47-48,50-63H2,1-3H3/b10-7-,11-8-,15-12-,19-16-,20-17-,24-21-,27-25-,30-29-,33-32-,36-35-,39-26-,49-46-. The van der Waals surface area contributed by atoms with Crippen molar-refractivity contribution in [1.29, 1.82) is 0 Å². The Balaban J connectivity index is 4.39. The van der Waals surface area contributed by atoms with E-state index < -0.39 is 6.10 Å². The first-order chi connectivity index (χ1) is 36.0. The fourth-order valence-electron chi connectivity index (χ4n) is 7.47. The van der Waals surface area contributed by atoms with Crippen LogP contribution in [0.4, 0.5) is 0 Å². The fourth-order valence-corrected chi connectivity index (χ4v) is 7.47. The van der Waals surface area contributed by atoms with Gasteiger partial charge in [0.05, 0.1) is 0 Å². The average molecular weight is 1010 g/mol. The molecule has 6 heteroatoms. The SMILES string of the molecule is CC/C=C\C/C=C\C/C=C\C/C=C\C/C=C\C/C=C\CCCCCCCCCCC(=O)OCC(COC(=O)CCCCCCC/C=C\C/C=C\CCC)OC(=O)CCCC/C=C\C/C=C\C/C=C\C/C=C\CC. The van der Waals surface area contributed by atoms with Gasteiger partial charge >= 0.3 is 17.9 Å². The topological polar surface area (TPSA) is 78.9 Å². The Labute approximate surface area is 448 Å². The largest absolute Gasteiger partial charge is 0.462 e. The molecule has 0 N–H and O–H groups in total. The minimum absolute atomic E-state index is 0.109. The second-order valence-corrected chi connectivity index (χ2v) is 18.8. The Kier molecular flexibility index (Phi) is 56.0. The molecule has 1 atom stereocenters. The first-order valence-corrected chi connectivity index (χ1v) is 29.3. The van der Waals surface area contributed by atoms with E-state index in [1.54, 1.807) is 0 Å². The van der Waals surface area contributed by atoms with Gasteiger partial charge in [0.25, 0.3) is 0 Å². The molecule has 0 fully saturated rings. The predicted molar refractivity (Wildman–Crippen MR) is 315 cm³/mol. The summed E-state index contributed by atoms with van der Waals surface area (Å²) in [6.07, 6.45) is 85.6. The van der Waals surface area contributed by atoms with E-state index in [-0.39, 0.29) is 37.5 Å². The van der Waals surface area contributed by atoms with Gasteiger partial charge in [-0.2, -0.15) is 0 Å². The van der Waals surface area contributed by atoms with E-state index in [0.717, 1.165) is 154 Å². The molecule has 0 radical (unpaired) electrons. The van der Waals surface area contributed by atoms with E-state index in [1.807, 2.05) is 0 Å². The zero-order valence-corrected chi connectivity index (χ0v) is 46.8. The van der Waals surface area contributed by atoms with Gasteiger partial charge in [-0.25, -0.2) is 0 Å². The monoisotopic (exact) mass is 1010 g/mol. The van der Waals surface area contributed by atoms with Crippen LogP contribution in [0.5, 0.6) is 0 Å². The van der Waals surface area contributed by atoms with Crippen LogP contribution < -0.4 is 0 Å². The molecule has 0 heterocycles. The summed E-state index contributed by atoms with van der Waals surface area (Å²) in [4.78, 5) is 38.1. The summed E-state index contributed by atoms with van der Waals surface area (Å²) in [5, 5.41) is 0. The quantitative estimate of drug-likeness (QED) is 0.0261. The number of carbonyl (C=O) groups excluding carboxylic acids is 3. The van der Waals surface area contributed by atoms with Gasteiger partial charge in [0, 0.05) is 19.3 Å². The van der Waals surface area contributed by atoms with Gasteiger partial charge in [-0.05, 0) is 135 Å². The van der Waals surface area contributed by atoms with Gasteiger partial charge in [0.15, 0.2) is 6.10 Å². The minimum Gasteiger partial charge on any atom is -0.462 e. The van der Waals surface area contributed by atoms with E-state index in [1.165, 1.54) is 38.5 Å². The van der Waals surface area contributed by atoms with E-state index >= 15 is 0 Å². The van der Waals surface area contributed by atoms with Crippen molar-refractivity contribution in [1.82, 2.24) is 0 Å². The van der Waals surface area contributed by atoms with Gasteiger partial charge in [0.1, 0.15) is 13.2 Å². The second kappa shape index (κ2) is 59.8. The number of ether oxygens (including phenoxy) is 3. The normalized spacial score (nSPS) is 13.2. The number of hydrogen-bond donors (Lipinski definition) is 0. The molecule has 0 rings (SSSR count). The molecular weight excluding hydrogens is 901 g/mol. The van der Waals surface area contributed by atoms with Crippen LogP contribution >= 0.6 is 0 Å². The van der Waals surface area contributed by atoms with Crippen LogP contribution in [0, 0.1) is 0 Å². The van der Waals surface area contributed by atoms with E-state index in [2.05, 4.69) is 167 Å². The Morgan fingerprint density at radius 3 is 0.863 bits per heavy atom. The molecule has 0 amide bonds. The first kappa shape index (κ1) is 68.3. The van der Waals surface area contributed by atoms with Crippen molar-refractivity contribution in [3.8, 4) is 0 Å². The summed E-state index contributed by atoms with van der Waals surface area (Å²) >= 11 is 0. The zero-order chi connectivity index (χ0) is 52.9. The molecule has 0 bridgehead atoms. The van der Waals surface area contributed by atoms with Crippen LogP contribution in [0.3, 0.4) is 0 Å². The highest BCUT2D eigenvalue weighted by molar-refractivity contribution is 5.71. The van der Waals surface area contributed by atoms with Crippen molar-refractivity contribution in [3.05, 3.63) is 146 Å². The van der Waals surface area contributed by atoms with Gasteiger partial charge in [-0.3, -0.25) is 14.4 Å². The van der Waals surface area contributed by atoms with Crippen LogP contribution in [-0.2, 0) is 28.6 Å². The van der Waals surface area contributed by atoms with Crippen LogP contribution in [0.25, 0.3) is 0 Å². The Bertz CT molecular complexity index is 1630. The number of carbonyl (C=O) groups is 3. The molecule has 0 saturated heterocycles. The number of hydrogen-bond acceptors (Lipinski definition) is 6. The lowest BCUT2D eigenvalue weighted by atomic mass is 10.1. The maximum atomic E-state index is 12.8. The third kappa shape index (κ3) is 58.1. The molecule has 0 aliphatic heterocycles. The molecule has 6 nitrogen and oxygen atoms in total. The lowest BCUT2D eigenvalue weighted by Gasteiger charge is -2.18. The maximum absolute atomic E-state index is 12.8. The van der Waals surface area contributed by atoms with Crippen molar-refractivity contribution < 1.29 is 28.6 Å². The predicted octanol–water partition coefficient (Wildman–Crippen LogP) is 20.0. The lowest BCUT2D eigenvalue weighted by molar-refractivity contribution is -0.167. The van der Waals surface area contributed by atoms with Gasteiger partial charge in [-0.15, -0.1) is 0 Å². The summed E-state index contributed by atoms with van der Waals surface area (Å²) in [6.45, 7) is 6.28. The fraction of sp³-hybridized carbons (Fsp3) is 0.597. The minimum atomic E-state index is -0.815. The second-order valence-electron chi connectivity index (χ2n) is 18.8. The van der Waals surface area contributed by atoms with E-state index in [9.17, 15) is 14.4 Å². The van der Waals surface area contributed by atoms with E-state index in [4.69, 9.17) is 14.2 Å². The van der Waals surface area contributed by atoms with Crippen molar-refractivity contribution in [2.24, 2.45) is 0 Å². The van der Waals surface area contributed by atoms with Gasteiger partial charge in [-0.1, -0.05) is 231 Å². The summed E-state index contributed by atoms with van der Waals surface area (Å²) in [7, 11) is 0. The molecule has 0 saturated carbocycles. The highest BCUT2D eigenvalue weighted by Gasteiger charge is 2.19. The summed E-state index contributed by atoms with van der Waals surface area (Å²) < 4.78 is 16.8. The highest BCUT2D eigenvalue weighted by Crippen LogP contribution is 2.14. The third-order valence-electron chi connectivity index (χ3n) is 11.8. The maximum Gasteiger partial charge on any atom is 0.306 e. The molecular formula is C67H106O6. The summed E-state index contributed by atoms with van der Waals surface area (Å²) in [5.74, 6) is -0.980. The summed E-state index contributed by atoms with van der Waals surface area (Å²) in [5.41, 5.74) is 0. The Hall–Kier alpha value is -4.71. The molecule has 0 aliphatic carbocycles. The van der Waals surface area contributed by atoms with Crippen LogP contribution in [0.15, 0.2) is 146 Å². The Morgan fingerprint density at radius 2 is 0.534 bits per heavy atom. The molecule has 0 spiro atoms. The van der Waals surface area contributed by atoms with Gasteiger partial charge < -0.3 is 14.2 Å². The smallest absolute Gasteiger partial charge is 0.306 e. The summed E-state index contributed by atoms with van der Waals surface area (Å²) in [6, 6.07) is 0. The first-order valence-electron chi connectivity index (χ1n) is 29.3. The average Bonchev–Trinajstić information content (AvgIpc) is 3.39. The van der Waals surface area contributed by atoms with Crippen LogP contribution in [-0.4, -0.2) is 37.2 Å². The van der Waals surface area contributed by atoms with Crippen molar-refractivity contribution in [2.45, 2.75) is 245 Å². The zero-order valence-electron chi connectivity index (χ0n) is 46.8. The Morgan fingerprint density at radius 1 is 0.288 bits per heavy atom. The van der Waals surface area contributed by atoms with Crippen molar-refractivity contribution in [2.75, 3.05) is 13.2 Å². The lowest BCUT2D eigenvalue weighted by Crippen LogP contribution is -2.30. The van der Waals surface area contributed by atoms with Gasteiger partial charge in [0.2, 0.25) is 0 Å². The highest BCUT2D eigenvalue weighted by atomic mass is 16.6. The van der Waals surface area contributed by atoms with Crippen molar-refractivity contribution >= 4 is 17.9 Å². The molecule has 73 heavy (non-hydrogen) atoms. The third-order valence-corrected chi connectivity index (χ3v) is 11.8. The number of allylic oxidation sites excluding steroid dienone is 24. The number of esters is 3. The molecule has 0 aromatic heterocycles. The van der Waals surface area contributed by atoms with Crippen LogP contribution in [0.2, 0.25) is 0 Å². The molecule has 0 aromatic carbocycles. The molecule has 410 valence electrons.